The second kappa shape index (κ2) is 4.64. The van der Waals surface area contributed by atoms with Gasteiger partial charge in [0, 0.05) is 21.4 Å². The smallest absolute Gasteiger partial charge is 0.163 e. The number of hydrazine groups is 2. The maximum Gasteiger partial charge on any atom is 0.163 e. The van der Waals surface area contributed by atoms with E-state index in [9.17, 15) is 4.39 Å². The van der Waals surface area contributed by atoms with Crippen LogP contribution in [0, 0.1) is 17.7 Å². The molecule has 1 saturated heterocycles. The average molecular weight is 319 g/mol. The van der Waals surface area contributed by atoms with Gasteiger partial charge in [0.2, 0.25) is 0 Å². The monoisotopic (exact) mass is 319 g/mol. The van der Waals surface area contributed by atoms with Crippen LogP contribution in [-0.4, -0.2) is 5.72 Å². The minimum absolute atomic E-state index is 0.147. The van der Waals surface area contributed by atoms with Gasteiger partial charge in [0.25, 0.3) is 0 Å². The van der Waals surface area contributed by atoms with Crippen molar-refractivity contribution in [3.05, 3.63) is 29.4 Å². The van der Waals surface area contributed by atoms with Crippen molar-refractivity contribution in [2.45, 2.75) is 37.8 Å². The van der Waals surface area contributed by atoms with Crippen molar-refractivity contribution in [3.8, 4) is 0 Å². The number of fused-ring (bicyclic) bond motifs is 3. The Morgan fingerprint density at radius 2 is 2.14 bits per heavy atom. The van der Waals surface area contributed by atoms with E-state index in [1.165, 1.54) is 37.0 Å². The Hall–Kier alpha value is -1.21. The van der Waals surface area contributed by atoms with Crippen LogP contribution in [0.15, 0.2) is 23.6 Å². The van der Waals surface area contributed by atoms with Crippen molar-refractivity contribution in [1.82, 2.24) is 11.0 Å². The zero-order valence-corrected chi connectivity index (χ0v) is 13.0. The molecule has 2 N–H and O–H groups in total. The van der Waals surface area contributed by atoms with E-state index in [-0.39, 0.29) is 11.5 Å². The Balaban J connectivity index is 1.44. The van der Waals surface area contributed by atoms with E-state index in [4.69, 9.17) is 4.84 Å². The predicted octanol–water partition coefficient (Wildman–Crippen LogP) is 3.71. The zero-order valence-electron chi connectivity index (χ0n) is 12.1. The number of halogens is 1. The van der Waals surface area contributed by atoms with Gasteiger partial charge in [-0.05, 0) is 56.2 Å². The Labute approximate surface area is 132 Å². The molecule has 3 saturated carbocycles. The van der Waals surface area contributed by atoms with Gasteiger partial charge >= 0.3 is 0 Å². The van der Waals surface area contributed by atoms with Crippen molar-refractivity contribution < 1.29 is 9.23 Å². The van der Waals surface area contributed by atoms with Gasteiger partial charge in [-0.25, -0.2) is 9.51 Å². The largest absolute Gasteiger partial charge is 0.257 e. The molecule has 0 amide bonds. The number of hydrogen-bond acceptors (Lipinski definition) is 5. The van der Waals surface area contributed by atoms with E-state index in [1.807, 2.05) is 23.3 Å². The molecular formula is C16H18FN3OS. The minimum Gasteiger partial charge on any atom is -0.257 e. The van der Waals surface area contributed by atoms with Gasteiger partial charge in [0.15, 0.2) is 5.72 Å². The third-order valence-corrected chi connectivity index (χ3v) is 6.40. The van der Waals surface area contributed by atoms with Crippen molar-refractivity contribution in [1.29, 1.82) is 0 Å². The first-order valence-corrected chi connectivity index (χ1v) is 8.80. The first-order valence-electron chi connectivity index (χ1n) is 7.92. The van der Waals surface area contributed by atoms with Gasteiger partial charge in [-0.1, -0.05) is 5.59 Å². The maximum absolute atomic E-state index is 13.6. The molecule has 1 aromatic heterocycles. The lowest BCUT2D eigenvalue weighted by molar-refractivity contribution is -0.153. The van der Waals surface area contributed by atoms with Gasteiger partial charge in [-0.2, -0.15) is 5.43 Å². The fourth-order valence-electron chi connectivity index (χ4n) is 4.29. The average Bonchev–Trinajstić information content (AvgIpc) is 3.13. The van der Waals surface area contributed by atoms with Crippen molar-refractivity contribution >= 4 is 27.1 Å². The molecule has 4 aliphatic rings. The van der Waals surface area contributed by atoms with Gasteiger partial charge in [0.1, 0.15) is 5.82 Å². The molecule has 1 unspecified atom stereocenters. The molecule has 2 heterocycles. The summed E-state index contributed by atoms with van der Waals surface area (Å²) in [4.78, 5) is 5.99. The molecule has 1 atom stereocenters. The van der Waals surface area contributed by atoms with Crippen LogP contribution in [0.1, 0.15) is 32.1 Å². The molecule has 4 nitrogen and oxygen atoms in total. The third-order valence-electron chi connectivity index (χ3n) is 5.49. The van der Waals surface area contributed by atoms with Crippen LogP contribution in [0.4, 0.5) is 10.1 Å². The van der Waals surface area contributed by atoms with Crippen LogP contribution in [0.5, 0.6) is 0 Å². The Morgan fingerprint density at radius 1 is 1.27 bits per heavy atom. The maximum atomic E-state index is 13.6. The van der Waals surface area contributed by atoms with E-state index in [2.05, 4.69) is 11.0 Å². The molecule has 2 aromatic rings. The summed E-state index contributed by atoms with van der Waals surface area (Å²) in [6.45, 7) is 0. The van der Waals surface area contributed by atoms with Crippen LogP contribution >= 0.6 is 11.3 Å². The lowest BCUT2D eigenvalue weighted by Crippen LogP contribution is -2.57. The minimum atomic E-state index is -0.267. The second-order valence-corrected chi connectivity index (χ2v) is 7.63. The highest BCUT2D eigenvalue weighted by Gasteiger charge is 2.53. The van der Waals surface area contributed by atoms with Gasteiger partial charge in [-0.15, -0.1) is 11.3 Å². The van der Waals surface area contributed by atoms with E-state index in [0.29, 0.717) is 11.3 Å². The number of rotatable bonds is 1. The zero-order chi connectivity index (χ0) is 14.7. The van der Waals surface area contributed by atoms with Gasteiger partial charge in [0.05, 0.1) is 5.69 Å². The summed E-state index contributed by atoms with van der Waals surface area (Å²) in [7, 11) is 0. The highest BCUT2D eigenvalue weighted by atomic mass is 32.1. The molecule has 4 fully saturated rings. The quantitative estimate of drug-likeness (QED) is 0.840. The molecule has 0 radical (unpaired) electrons. The van der Waals surface area contributed by atoms with E-state index < -0.39 is 0 Å². The van der Waals surface area contributed by atoms with Gasteiger partial charge < -0.3 is 0 Å². The molecular weight excluding hydrogens is 301 g/mol. The molecule has 1 aliphatic heterocycles. The molecule has 6 rings (SSSR count). The van der Waals surface area contributed by atoms with E-state index in [0.717, 1.165) is 22.7 Å². The summed E-state index contributed by atoms with van der Waals surface area (Å²) in [6.07, 6.45) is 6.21. The van der Waals surface area contributed by atoms with Crippen LogP contribution < -0.4 is 16.1 Å². The van der Waals surface area contributed by atoms with Crippen LogP contribution in [0.2, 0.25) is 0 Å². The van der Waals surface area contributed by atoms with Crippen LogP contribution in [0.25, 0.3) is 10.1 Å². The molecule has 1 spiro atoms. The summed E-state index contributed by atoms with van der Waals surface area (Å²) in [5, 5.41) is 4.08. The van der Waals surface area contributed by atoms with Crippen molar-refractivity contribution in [2.24, 2.45) is 11.8 Å². The highest BCUT2D eigenvalue weighted by Crippen LogP contribution is 2.49. The molecule has 1 aromatic carbocycles. The Bertz CT molecular complexity index is 727. The Morgan fingerprint density at radius 3 is 2.91 bits per heavy atom. The molecule has 116 valence electrons. The number of anilines is 1. The molecule has 3 aliphatic carbocycles. The van der Waals surface area contributed by atoms with E-state index in [1.54, 1.807) is 5.38 Å². The summed E-state index contributed by atoms with van der Waals surface area (Å²) in [6, 6.07) is 5.74. The first-order chi connectivity index (χ1) is 10.7. The lowest BCUT2D eigenvalue weighted by atomic mass is 9.66. The fraction of sp³-hybridized carbons (Fsp3) is 0.500. The molecule has 6 heteroatoms. The number of thiophene rings is 1. The standard InChI is InChI=1S/C16H18FN3OS/c17-14-9-22-15-7-12(5-6-13(14)15)20-18-16(21-19-20)8-10-1-3-11(16)4-2-10/h5-7,9-11,18-19H,1-4,8H2. The number of nitrogens with one attached hydrogen (secondary N) is 2. The van der Waals surface area contributed by atoms with E-state index >= 15 is 0 Å². The predicted molar refractivity (Wildman–Crippen MR) is 84.4 cm³/mol. The Kier molecular flexibility index (Phi) is 2.80. The lowest BCUT2D eigenvalue weighted by Gasteiger charge is -2.47. The summed E-state index contributed by atoms with van der Waals surface area (Å²) in [5.74, 6) is 1.19. The SMILES string of the molecule is Fc1csc2cc(N3NOC4(CC5CCC4CC5)N3)ccc12. The van der Waals surface area contributed by atoms with Crippen LogP contribution in [0.3, 0.4) is 0 Å². The van der Waals surface area contributed by atoms with Crippen molar-refractivity contribution in [3.63, 3.8) is 0 Å². The first kappa shape index (κ1) is 13.2. The topological polar surface area (TPSA) is 36.5 Å². The van der Waals surface area contributed by atoms with Gasteiger partial charge in [-0.3, -0.25) is 4.84 Å². The summed E-state index contributed by atoms with van der Waals surface area (Å²) < 4.78 is 14.5. The molecule has 2 bridgehead atoms. The van der Waals surface area contributed by atoms with Crippen LogP contribution in [-0.2, 0) is 4.84 Å². The fourth-order valence-corrected chi connectivity index (χ4v) is 5.13. The number of hydrogen-bond donors (Lipinski definition) is 2. The second-order valence-electron chi connectivity index (χ2n) is 6.72. The summed E-state index contributed by atoms with van der Waals surface area (Å²) in [5.41, 5.74) is 7.24. The molecule has 22 heavy (non-hydrogen) atoms. The normalized spacial score (nSPS) is 34.1. The highest BCUT2D eigenvalue weighted by molar-refractivity contribution is 7.17. The number of benzene rings is 1. The number of nitrogens with zero attached hydrogens (tertiary/aromatic N) is 1. The third kappa shape index (κ3) is 1.84. The summed E-state index contributed by atoms with van der Waals surface area (Å²) >= 11 is 1.43. The van der Waals surface area contributed by atoms with Crippen molar-refractivity contribution in [2.75, 3.05) is 5.12 Å².